The lowest BCUT2D eigenvalue weighted by Gasteiger charge is -2.05. The Bertz CT molecular complexity index is 228. The SMILES string of the molecule is CCCCCCCCCCCCCCCCNC(=O)CCC. The van der Waals surface area contributed by atoms with E-state index in [1.54, 1.807) is 0 Å². The summed E-state index contributed by atoms with van der Waals surface area (Å²) < 4.78 is 0. The molecule has 0 unspecified atom stereocenters. The normalized spacial score (nSPS) is 10.8. The summed E-state index contributed by atoms with van der Waals surface area (Å²) in [6.07, 6.45) is 21.0. The molecule has 0 radical (unpaired) electrons. The molecule has 0 spiro atoms. The summed E-state index contributed by atoms with van der Waals surface area (Å²) in [4.78, 5) is 11.3. The Kier molecular flexibility index (Phi) is 18.1. The first-order chi connectivity index (χ1) is 10.8. The van der Waals surface area contributed by atoms with Crippen molar-refractivity contribution in [3.05, 3.63) is 0 Å². The molecule has 0 atom stereocenters. The first-order valence-corrected chi connectivity index (χ1v) is 10.1. The molecule has 1 N–H and O–H groups in total. The van der Waals surface area contributed by atoms with Gasteiger partial charge < -0.3 is 5.32 Å². The Morgan fingerprint density at radius 2 is 1.00 bits per heavy atom. The average molecular weight is 312 g/mol. The molecule has 2 nitrogen and oxygen atoms in total. The summed E-state index contributed by atoms with van der Waals surface area (Å²) in [6, 6.07) is 0. The molecule has 0 aromatic heterocycles. The molecule has 2 heteroatoms. The monoisotopic (exact) mass is 311 g/mol. The van der Waals surface area contributed by atoms with Crippen molar-refractivity contribution in [1.82, 2.24) is 5.32 Å². The van der Waals surface area contributed by atoms with Crippen LogP contribution in [0.3, 0.4) is 0 Å². The van der Waals surface area contributed by atoms with Crippen molar-refractivity contribution < 1.29 is 4.79 Å². The van der Waals surface area contributed by atoms with Gasteiger partial charge in [0.1, 0.15) is 0 Å². The van der Waals surface area contributed by atoms with Gasteiger partial charge in [-0.3, -0.25) is 4.79 Å². The second-order valence-corrected chi connectivity index (χ2v) is 6.70. The van der Waals surface area contributed by atoms with Crippen LogP contribution in [0.1, 0.15) is 117 Å². The van der Waals surface area contributed by atoms with E-state index in [-0.39, 0.29) is 5.91 Å². The summed E-state index contributed by atoms with van der Waals surface area (Å²) in [5.41, 5.74) is 0. The smallest absolute Gasteiger partial charge is 0.219 e. The maximum absolute atomic E-state index is 11.3. The fraction of sp³-hybridized carbons (Fsp3) is 0.950. The maximum Gasteiger partial charge on any atom is 0.219 e. The number of hydrogen-bond acceptors (Lipinski definition) is 1. The Balaban J connectivity index is 3.01. The first-order valence-electron chi connectivity index (χ1n) is 10.1. The molecule has 0 aliphatic rings. The second kappa shape index (κ2) is 18.5. The summed E-state index contributed by atoms with van der Waals surface area (Å²) in [6.45, 7) is 5.20. The number of carbonyl (C=O) groups is 1. The molecular formula is C20H41NO. The van der Waals surface area contributed by atoms with Crippen LogP contribution in [0.4, 0.5) is 0 Å². The van der Waals surface area contributed by atoms with Gasteiger partial charge in [-0.05, 0) is 12.8 Å². The van der Waals surface area contributed by atoms with Crippen LogP contribution in [0.15, 0.2) is 0 Å². The van der Waals surface area contributed by atoms with Crippen molar-refractivity contribution in [2.75, 3.05) is 6.54 Å². The van der Waals surface area contributed by atoms with E-state index in [0.717, 1.165) is 19.4 Å². The Morgan fingerprint density at radius 3 is 1.41 bits per heavy atom. The zero-order chi connectivity index (χ0) is 16.3. The highest BCUT2D eigenvalue weighted by Gasteiger charge is 1.97. The van der Waals surface area contributed by atoms with Crippen LogP contribution in [-0.4, -0.2) is 12.5 Å². The van der Waals surface area contributed by atoms with Crippen LogP contribution in [0.25, 0.3) is 0 Å². The zero-order valence-corrected chi connectivity index (χ0v) is 15.4. The number of carbonyl (C=O) groups excluding carboxylic acids is 1. The minimum Gasteiger partial charge on any atom is -0.356 e. The minimum atomic E-state index is 0.220. The number of unbranched alkanes of at least 4 members (excludes halogenated alkanes) is 13. The second-order valence-electron chi connectivity index (χ2n) is 6.70. The average Bonchev–Trinajstić information content (AvgIpc) is 2.51. The summed E-state index contributed by atoms with van der Waals surface area (Å²) in [5.74, 6) is 0.220. The third kappa shape index (κ3) is 17.5. The van der Waals surface area contributed by atoms with E-state index in [1.807, 2.05) is 6.92 Å². The van der Waals surface area contributed by atoms with Gasteiger partial charge in [0.05, 0.1) is 0 Å². The van der Waals surface area contributed by atoms with E-state index in [1.165, 1.54) is 83.5 Å². The standard InChI is InChI=1S/C20H41NO/c1-3-5-6-7-8-9-10-11-12-13-14-15-16-17-19-21-20(22)18-4-2/h3-19H2,1-2H3,(H,21,22). The Morgan fingerprint density at radius 1 is 0.591 bits per heavy atom. The molecule has 0 bridgehead atoms. The van der Waals surface area contributed by atoms with Gasteiger partial charge in [-0.25, -0.2) is 0 Å². The van der Waals surface area contributed by atoms with E-state index < -0.39 is 0 Å². The predicted octanol–water partition coefficient (Wildman–Crippen LogP) is 6.38. The molecule has 132 valence electrons. The number of rotatable bonds is 17. The van der Waals surface area contributed by atoms with Crippen molar-refractivity contribution in [3.63, 3.8) is 0 Å². The van der Waals surface area contributed by atoms with Crippen LogP contribution in [0.5, 0.6) is 0 Å². The van der Waals surface area contributed by atoms with Crippen LogP contribution >= 0.6 is 0 Å². The quantitative estimate of drug-likeness (QED) is 0.310. The molecule has 0 aliphatic carbocycles. The van der Waals surface area contributed by atoms with Crippen LogP contribution < -0.4 is 5.32 Å². The van der Waals surface area contributed by atoms with Crippen LogP contribution in [-0.2, 0) is 4.79 Å². The molecule has 0 aromatic rings. The molecule has 0 rings (SSSR count). The highest BCUT2D eigenvalue weighted by Crippen LogP contribution is 2.12. The number of amides is 1. The van der Waals surface area contributed by atoms with Gasteiger partial charge in [0.2, 0.25) is 5.91 Å². The van der Waals surface area contributed by atoms with E-state index >= 15 is 0 Å². The van der Waals surface area contributed by atoms with E-state index in [9.17, 15) is 4.79 Å². The maximum atomic E-state index is 11.3. The number of hydrogen-bond donors (Lipinski definition) is 1. The van der Waals surface area contributed by atoms with Gasteiger partial charge in [0.15, 0.2) is 0 Å². The van der Waals surface area contributed by atoms with Crippen molar-refractivity contribution in [2.24, 2.45) is 0 Å². The van der Waals surface area contributed by atoms with Gasteiger partial charge >= 0.3 is 0 Å². The molecule has 0 aliphatic heterocycles. The predicted molar refractivity (Wildman–Crippen MR) is 98.2 cm³/mol. The fourth-order valence-electron chi connectivity index (χ4n) is 2.86. The molecule has 22 heavy (non-hydrogen) atoms. The Labute approximate surface area is 139 Å². The first kappa shape index (κ1) is 21.5. The molecule has 0 aromatic carbocycles. The van der Waals surface area contributed by atoms with E-state index in [0.29, 0.717) is 6.42 Å². The highest BCUT2D eigenvalue weighted by molar-refractivity contribution is 5.75. The fourth-order valence-corrected chi connectivity index (χ4v) is 2.86. The third-order valence-electron chi connectivity index (χ3n) is 4.33. The highest BCUT2D eigenvalue weighted by atomic mass is 16.1. The van der Waals surface area contributed by atoms with Crippen LogP contribution in [0.2, 0.25) is 0 Å². The summed E-state index contributed by atoms with van der Waals surface area (Å²) >= 11 is 0. The zero-order valence-electron chi connectivity index (χ0n) is 15.4. The number of nitrogens with one attached hydrogen (secondary N) is 1. The summed E-state index contributed by atoms with van der Waals surface area (Å²) in [7, 11) is 0. The van der Waals surface area contributed by atoms with Crippen molar-refractivity contribution in [1.29, 1.82) is 0 Å². The lowest BCUT2D eigenvalue weighted by molar-refractivity contribution is -0.121. The molecule has 0 heterocycles. The van der Waals surface area contributed by atoms with Gasteiger partial charge in [-0.15, -0.1) is 0 Å². The van der Waals surface area contributed by atoms with Crippen molar-refractivity contribution >= 4 is 5.91 Å². The van der Waals surface area contributed by atoms with Gasteiger partial charge in [-0.1, -0.05) is 97.3 Å². The van der Waals surface area contributed by atoms with Gasteiger partial charge in [0.25, 0.3) is 0 Å². The van der Waals surface area contributed by atoms with Gasteiger partial charge in [0, 0.05) is 13.0 Å². The van der Waals surface area contributed by atoms with E-state index in [4.69, 9.17) is 0 Å². The topological polar surface area (TPSA) is 29.1 Å². The summed E-state index contributed by atoms with van der Waals surface area (Å²) in [5, 5.41) is 2.99. The Hall–Kier alpha value is -0.530. The van der Waals surface area contributed by atoms with E-state index in [2.05, 4.69) is 12.2 Å². The lowest BCUT2D eigenvalue weighted by Crippen LogP contribution is -2.23. The molecule has 1 amide bonds. The van der Waals surface area contributed by atoms with Crippen molar-refractivity contribution in [2.45, 2.75) is 117 Å². The van der Waals surface area contributed by atoms with Gasteiger partial charge in [-0.2, -0.15) is 0 Å². The van der Waals surface area contributed by atoms with Crippen molar-refractivity contribution in [3.8, 4) is 0 Å². The third-order valence-corrected chi connectivity index (χ3v) is 4.33. The molecule has 0 saturated carbocycles. The molecular weight excluding hydrogens is 270 g/mol. The largest absolute Gasteiger partial charge is 0.356 e. The minimum absolute atomic E-state index is 0.220. The lowest BCUT2D eigenvalue weighted by atomic mass is 10.0. The molecule has 0 saturated heterocycles. The van der Waals surface area contributed by atoms with Crippen LogP contribution in [0, 0.1) is 0 Å². The molecule has 0 fully saturated rings.